The summed E-state index contributed by atoms with van der Waals surface area (Å²) in [6.45, 7) is 2.05. The van der Waals surface area contributed by atoms with Crippen molar-refractivity contribution in [3.8, 4) is 0 Å². The van der Waals surface area contributed by atoms with Gasteiger partial charge in [-0.05, 0) is 30.2 Å². The first-order valence-electron chi connectivity index (χ1n) is 9.00. The first-order chi connectivity index (χ1) is 13.5. The number of hydrogen-bond donors (Lipinski definition) is 2. The number of Topliss-reactive ketones (excluding diaryl/α,β-unsaturated/α-hetero) is 1. The normalized spacial score (nSPS) is 10.6. The molecule has 1 amide bonds. The Labute approximate surface area is 162 Å². The second-order valence-electron chi connectivity index (χ2n) is 6.35. The molecule has 0 saturated carbocycles. The van der Waals surface area contributed by atoms with Crippen LogP contribution in [0.5, 0.6) is 0 Å². The Hall–Kier alpha value is -3.48. The standard InChI is InChI=1S/C21H21N3O4/c1-3-13-4-6-14(7-5-13)18(25)10-11-19(26)22-15-8-9-17-16(12-15)20(24-23-17)21(27)28-2/h4-9,12H,3,10-11H2,1-2H3,(H,22,26)(H,23,24). The summed E-state index contributed by atoms with van der Waals surface area (Å²) in [7, 11) is 1.28. The van der Waals surface area contributed by atoms with Crippen LogP contribution in [0.15, 0.2) is 42.5 Å². The number of H-pyrrole nitrogens is 1. The third-order valence-corrected chi connectivity index (χ3v) is 4.49. The molecule has 144 valence electrons. The van der Waals surface area contributed by atoms with E-state index in [1.165, 1.54) is 7.11 Å². The molecular formula is C21H21N3O4. The van der Waals surface area contributed by atoms with Crippen LogP contribution in [0.4, 0.5) is 5.69 Å². The molecule has 0 aliphatic carbocycles. The van der Waals surface area contributed by atoms with E-state index in [1.54, 1.807) is 30.3 Å². The van der Waals surface area contributed by atoms with Crippen LogP contribution in [0.3, 0.4) is 0 Å². The molecule has 0 radical (unpaired) electrons. The fourth-order valence-electron chi connectivity index (χ4n) is 2.87. The topological polar surface area (TPSA) is 101 Å². The smallest absolute Gasteiger partial charge is 0.359 e. The minimum Gasteiger partial charge on any atom is -0.464 e. The molecule has 2 N–H and O–H groups in total. The number of aryl methyl sites for hydroxylation is 1. The zero-order valence-corrected chi connectivity index (χ0v) is 15.7. The minimum absolute atomic E-state index is 0.0711. The van der Waals surface area contributed by atoms with Crippen LogP contribution in [0.2, 0.25) is 0 Å². The van der Waals surface area contributed by atoms with Crippen molar-refractivity contribution in [2.24, 2.45) is 0 Å². The summed E-state index contributed by atoms with van der Waals surface area (Å²) in [5.41, 5.74) is 3.09. The van der Waals surface area contributed by atoms with Gasteiger partial charge in [-0.2, -0.15) is 5.10 Å². The first-order valence-corrected chi connectivity index (χ1v) is 9.00. The average molecular weight is 379 g/mol. The van der Waals surface area contributed by atoms with Gasteiger partial charge < -0.3 is 10.1 Å². The van der Waals surface area contributed by atoms with Crippen molar-refractivity contribution in [1.82, 2.24) is 10.2 Å². The van der Waals surface area contributed by atoms with Gasteiger partial charge in [0.05, 0.1) is 12.6 Å². The van der Waals surface area contributed by atoms with E-state index in [0.29, 0.717) is 22.2 Å². The molecule has 0 atom stereocenters. The third kappa shape index (κ3) is 4.25. The molecule has 7 nitrogen and oxygen atoms in total. The number of ketones is 1. The number of anilines is 1. The van der Waals surface area contributed by atoms with Gasteiger partial charge in [0.15, 0.2) is 11.5 Å². The second kappa shape index (κ2) is 8.47. The molecule has 1 aromatic heterocycles. The zero-order valence-electron chi connectivity index (χ0n) is 15.7. The first kappa shape index (κ1) is 19.3. The summed E-state index contributed by atoms with van der Waals surface area (Å²) in [5.74, 6) is -0.911. The molecule has 28 heavy (non-hydrogen) atoms. The molecule has 0 spiro atoms. The SMILES string of the molecule is CCc1ccc(C(=O)CCC(=O)Nc2ccc3[nH]nc(C(=O)OC)c3c2)cc1. The number of carbonyl (C=O) groups is 3. The van der Waals surface area contributed by atoms with E-state index in [1.807, 2.05) is 12.1 Å². The lowest BCUT2D eigenvalue weighted by Gasteiger charge is -2.06. The summed E-state index contributed by atoms with van der Waals surface area (Å²) in [4.78, 5) is 36.2. The summed E-state index contributed by atoms with van der Waals surface area (Å²) >= 11 is 0. The number of nitrogens with zero attached hydrogens (tertiary/aromatic N) is 1. The van der Waals surface area contributed by atoms with E-state index in [9.17, 15) is 14.4 Å². The quantitative estimate of drug-likeness (QED) is 0.483. The molecule has 7 heteroatoms. The van der Waals surface area contributed by atoms with Crippen LogP contribution >= 0.6 is 0 Å². The van der Waals surface area contributed by atoms with Crippen molar-refractivity contribution in [2.45, 2.75) is 26.2 Å². The number of carbonyl (C=O) groups excluding carboxylic acids is 3. The third-order valence-electron chi connectivity index (χ3n) is 4.49. The van der Waals surface area contributed by atoms with Crippen LogP contribution < -0.4 is 5.32 Å². The number of aromatic amines is 1. The lowest BCUT2D eigenvalue weighted by atomic mass is 10.0. The van der Waals surface area contributed by atoms with E-state index in [-0.39, 0.29) is 30.2 Å². The molecule has 0 fully saturated rings. The molecule has 0 aliphatic rings. The van der Waals surface area contributed by atoms with E-state index in [2.05, 4.69) is 22.4 Å². The van der Waals surface area contributed by atoms with Crippen LogP contribution in [-0.4, -0.2) is 35.0 Å². The van der Waals surface area contributed by atoms with Gasteiger partial charge >= 0.3 is 5.97 Å². The molecule has 1 heterocycles. The van der Waals surface area contributed by atoms with Crippen LogP contribution in [0.1, 0.15) is 46.2 Å². The number of amides is 1. The van der Waals surface area contributed by atoms with E-state index in [0.717, 1.165) is 12.0 Å². The Morgan fingerprint density at radius 2 is 1.82 bits per heavy atom. The minimum atomic E-state index is -0.561. The fourth-order valence-corrected chi connectivity index (χ4v) is 2.87. The van der Waals surface area contributed by atoms with Crippen molar-refractivity contribution in [1.29, 1.82) is 0 Å². The number of rotatable bonds is 7. The Morgan fingerprint density at radius 1 is 1.07 bits per heavy atom. The molecular weight excluding hydrogens is 358 g/mol. The van der Waals surface area contributed by atoms with Gasteiger partial charge in [-0.1, -0.05) is 31.2 Å². The zero-order chi connectivity index (χ0) is 20.1. The van der Waals surface area contributed by atoms with Gasteiger partial charge in [-0.15, -0.1) is 0 Å². The van der Waals surface area contributed by atoms with Gasteiger partial charge in [0.25, 0.3) is 0 Å². The predicted octanol–water partition coefficient (Wildman–Crippen LogP) is 3.51. The van der Waals surface area contributed by atoms with Crippen molar-refractivity contribution in [3.05, 3.63) is 59.3 Å². The lowest BCUT2D eigenvalue weighted by Crippen LogP contribution is -2.13. The van der Waals surface area contributed by atoms with Crippen LogP contribution in [0, 0.1) is 0 Å². The van der Waals surface area contributed by atoms with Crippen molar-refractivity contribution in [2.75, 3.05) is 12.4 Å². The Bertz CT molecular complexity index is 1020. The molecule has 0 bridgehead atoms. The highest BCUT2D eigenvalue weighted by Gasteiger charge is 2.15. The maximum absolute atomic E-state index is 12.3. The van der Waals surface area contributed by atoms with Gasteiger partial charge in [0.1, 0.15) is 0 Å². The monoisotopic (exact) mass is 379 g/mol. The van der Waals surface area contributed by atoms with Gasteiger partial charge in [0.2, 0.25) is 5.91 Å². The predicted molar refractivity (Wildman–Crippen MR) is 105 cm³/mol. The van der Waals surface area contributed by atoms with Gasteiger partial charge in [-0.25, -0.2) is 4.79 Å². The van der Waals surface area contributed by atoms with Crippen LogP contribution in [0.25, 0.3) is 10.9 Å². The summed E-state index contributed by atoms with van der Waals surface area (Å²) in [6.07, 6.45) is 1.11. The second-order valence-corrected chi connectivity index (χ2v) is 6.35. The molecule has 0 saturated heterocycles. The average Bonchev–Trinajstić information content (AvgIpc) is 3.14. The molecule has 0 unspecified atom stereocenters. The van der Waals surface area contributed by atoms with E-state index in [4.69, 9.17) is 4.74 Å². The highest BCUT2D eigenvalue weighted by Crippen LogP contribution is 2.21. The number of aromatic nitrogens is 2. The van der Waals surface area contributed by atoms with Crippen molar-refractivity contribution in [3.63, 3.8) is 0 Å². The summed E-state index contributed by atoms with van der Waals surface area (Å²) < 4.78 is 4.70. The van der Waals surface area contributed by atoms with E-state index >= 15 is 0 Å². The van der Waals surface area contributed by atoms with Crippen molar-refractivity contribution >= 4 is 34.3 Å². The largest absolute Gasteiger partial charge is 0.464 e. The summed E-state index contributed by atoms with van der Waals surface area (Å²) in [6, 6.07) is 12.5. The van der Waals surface area contributed by atoms with Gasteiger partial charge in [0, 0.05) is 29.5 Å². The number of ether oxygens (including phenoxy) is 1. The lowest BCUT2D eigenvalue weighted by molar-refractivity contribution is -0.116. The number of esters is 1. The highest BCUT2D eigenvalue weighted by atomic mass is 16.5. The number of nitrogens with one attached hydrogen (secondary N) is 2. The highest BCUT2D eigenvalue weighted by molar-refractivity contribution is 6.04. The van der Waals surface area contributed by atoms with Gasteiger partial charge in [-0.3, -0.25) is 14.7 Å². The maximum Gasteiger partial charge on any atom is 0.359 e. The molecule has 2 aromatic carbocycles. The maximum atomic E-state index is 12.3. The fraction of sp³-hybridized carbons (Fsp3) is 0.238. The van der Waals surface area contributed by atoms with Crippen LogP contribution in [-0.2, 0) is 16.0 Å². The Morgan fingerprint density at radius 3 is 2.50 bits per heavy atom. The van der Waals surface area contributed by atoms with E-state index < -0.39 is 5.97 Å². The Balaban J connectivity index is 1.62. The number of fused-ring (bicyclic) bond motifs is 1. The number of hydrogen-bond acceptors (Lipinski definition) is 5. The number of benzene rings is 2. The summed E-state index contributed by atoms with van der Waals surface area (Å²) in [5, 5.41) is 9.98. The number of methoxy groups -OCH3 is 1. The Kier molecular flexibility index (Phi) is 5.84. The molecule has 3 aromatic rings. The molecule has 3 rings (SSSR count). The van der Waals surface area contributed by atoms with Crippen molar-refractivity contribution < 1.29 is 19.1 Å². The molecule has 0 aliphatic heterocycles.